The van der Waals surface area contributed by atoms with Crippen LogP contribution in [-0.2, 0) is 0 Å². The van der Waals surface area contributed by atoms with Crippen molar-refractivity contribution in [2.45, 2.75) is 0 Å². The number of halogens is 1. The quantitative estimate of drug-likeness (QED) is 0.593. The van der Waals surface area contributed by atoms with E-state index < -0.39 is 0 Å². The summed E-state index contributed by atoms with van der Waals surface area (Å²) < 4.78 is 1.07. The molecule has 1 heterocycles. The lowest BCUT2D eigenvalue weighted by atomic mass is 10.7. The zero-order valence-corrected chi connectivity index (χ0v) is 5.66. The van der Waals surface area contributed by atoms with Crippen LogP contribution in [0.1, 0.15) is 0 Å². The molecule has 2 nitrogen and oxygen atoms in total. The van der Waals surface area contributed by atoms with Crippen molar-refractivity contribution >= 4 is 22.6 Å². The molecule has 0 amide bonds. The molecule has 0 radical (unpaired) electrons. The predicted octanol–water partition coefficient (Wildman–Crippen LogP) is 1.08. The minimum atomic E-state index is 1.07. The second-order valence-electron chi connectivity index (χ2n) is 1.06. The summed E-state index contributed by atoms with van der Waals surface area (Å²) in [5, 5.41) is 0. The molecule has 0 aliphatic rings. The fourth-order valence-corrected chi connectivity index (χ4v) is 0.603. The van der Waals surface area contributed by atoms with E-state index >= 15 is 0 Å². The van der Waals surface area contributed by atoms with Crippen LogP contribution in [0.3, 0.4) is 0 Å². The van der Waals surface area contributed by atoms with Crippen LogP contribution in [0.2, 0.25) is 0 Å². The van der Waals surface area contributed by atoms with Crippen molar-refractivity contribution in [2.75, 3.05) is 0 Å². The highest BCUT2D eigenvalue weighted by molar-refractivity contribution is 14.1. The van der Waals surface area contributed by atoms with Gasteiger partial charge in [-0.3, -0.25) is 0 Å². The van der Waals surface area contributed by atoms with Gasteiger partial charge in [0.05, 0.1) is 0 Å². The molecule has 0 saturated carbocycles. The maximum absolute atomic E-state index is 3.77. The molecule has 0 aromatic carbocycles. The summed E-state index contributed by atoms with van der Waals surface area (Å²) in [4.78, 5) is 7.53. The molecule has 3 heteroatoms. The van der Waals surface area contributed by atoms with Crippen molar-refractivity contribution in [2.24, 2.45) is 0 Å². The van der Waals surface area contributed by atoms with Crippen molar-refractivity contribution in [3.63, 3.8) is 0 Å². The smallest absolute Gasteiger partial charge is 0.115 e. The Hall–Kier alpha value is -0.190. The highest BCUT2D eigenvalue weighted by Gasteiger charge is 1.76. The van der Waals surface area contributed by atoms with Gasteiger partial charge < -0.3 is 0 Å². The van der Waals surface area contributed by atoms with Crippen molar-refractivity contribution < 1.29 is 0 Å². The first-order valence-corrected chi connectivity index (χ1v) is 2.88. The Kier molecular flexibility index (Phi) is 1.56. The van der Waals surface area contributed by atoms with Gasteiger partial charge in [0.25, 0.3) is 0 Å². The Labute approximate surface area is 55.1 Å². The molecule has 0 fully saturated rings. The minimum absolute atomic E-state index is 1.07. The van der Waals surface area contributed by atoms with Crippen LogP contribution < -0.4 is 0 Å². The normalized spacial score (nSPS) is 8.71. The summed E-state index contributed by atoms with van der Waals surface area (Å²) in [6.07, 6.45) is 5.03. The Morgan fingerprint density at radius 2 is 1.86 bits per heavy atom. The van der Waals surface area contributed by atoms with Gasteiger partial charge in [-0.15, -0.1) is 0 Å². The first-order chi connectivity index (χ1) is 3.39. The lowest BCUT2D eigenvalue weighted by Gasteiger charge is -1.79. The molecular weight excluding hydrogens is 203 g/mol. The maximum Gasteiger partial charge on any atom is 0.115 e. The third kappa shape index (κ3) is 1.38. The van der Waals surface area contributed by atoms with Crippen molar-refractivity contribution in [3.05, 3.63) is 22.3 Å². The molecule has 1 rings (SSSR count). The number of rotatable bonds is 0. The summed E-state index contributed by atoms with van der Waals surface area (Å²) in [6.45, 7) is 0. The molecular formula is C4H3IN2. The summed E-state index contributed by atoms with van der Waals surface area (Å²) in [5.74, 6) is 0. The van der Waals surface area contributed by atoms with Gasteiger partial charge in [0.2, 0.25) is 0 Å². The largest absolute Gasteiger partial charge is 0.244 e. The third-order valence-corrected chi connectivity index (χ3v) is 1.09. The number of hydrogen-bond donors (Lipinski definition) is 0. The summed E-state index contributed by atoms with van der Waals surface area (Å²) in [5.41, 5.74) is 0. The summed E-state index contributed by atoms with van der Waals surface area (Å²) in [6, 6.07) is 0. The van der Waals surface area contributed by atoms with E-state index in [0.717, 1.165) is 3.57 Å². The lowest BCUT2D eigenvalue weighted by molar-refractivity contribution is 1.15. The molecule has 1 aromatic rings. The summed E-state index contributed by atoms with van der Waals surface area (Å²) >= 11 is 2.15. The predicted molar refractivity (Wildman–Crippen MR) is 34.7 cm³/mol. The van der Waals surface area contributed by atoms with Crippen LogP contribution in [0.4, 0.5) is 0 Å². The van der Waals surface area contributed by atoms with Crippen LogP contribution in [-0.4, -0.2) is 9.97 Å². The molecule has 0 bridgehead atoms. The monoisotopic (exact) mass is 206 g/mol. The topological polar surface area (TPSA) is 25.8 Å². The van der Waals surface area contributed by atoms with Crippen LogP contribution >= 0.6 is 22.6 Å². The second-order valence-corrected chi connectivity index (χ2v) is 2.30. The first-order valence-electron chi connectivity index (χ1n) is 1.80. The zero-order chi connectivity index (χ0) is 5.11. The molecule has 1 aromatic heterocycles. The van der Waals surface area contributed by atoms with Gasteiger partial charge in [-0.05, 0) is 22.6 Å². The van der Waals surface area contributed by atoms with Gasteiger partial charge in [-0.25, -0.2) is 9.97 Å². The third-order valence-electron chi connectivity index (χ3n) is 0.529. The van der Waals surface area contributed by atoms with Gasteiger partial charge in [0.15, 0.2) is 0 Å². The molecule has 0 spiro atoms. The number of aromatic nitrogens is 2. The van der Waals surface area contributed by atoms with E-state index in [2.05, 4.69) is 32.6 Å². The van der Waals surface area contributed by atoms with E-state index in [0.29, 0.717) is 0 Å². The van der Waals surface area contributed by atoms with Crippen LogP contribution in [0, 0.1) is 3.57 Å². The van der Waals surface area contributed by atoms with Gasteiger partial charge in [-0.1, -0.05) is 0 Å². The summed E-state index contributed by atoms with van der Waals surface area (Å²) in [7, 11) is 0. The Bertz CT molecular complexity index is 140. The first kappa shape index (κ1) is 4.96. The standard InChI is InChI=1S/C4H3IN2/c5-4-1-6-3-7-2-4/h1-3H. The van der Waals surface area contributed by atoms with E-state index in [-0.39, 0.29) is 0 Å². The van der Waals surface area contributed by atoms with Crippen LogP contribution in [0.25, 0.3) is 0 Å². The van der Waals surface area contributed by atoms with E-state index in [1.54, 1.807) is 12.4 Å². The van der Waals surface area contributed by atoms with Crippen molar-refractivity contribution in [1.29, 1.82) is 0 Å². The van der Waals surface area contributed by atoms with Crippen LogP contribution in [0.5, 0.6) is 0 Å². The highest BCUT2D eigenvalue weighted by atomic mass is 127. The molecule has 36 valence electrons. The lowest BCUT2D eigenvalue weighted by Crippen LogP contribution is -1.74. The molecule has 0 unspecified atom stereocenters. The van der Waals surface area contributed by atoms with Gasteiger partial charge in [0.1, 0.15) is 6.33 Å². The van der Waals surface area contributed by atoms with Gasteiger partial charge >= 0.3 is 0 Å². The maximum atomic E-state index is 3.77. The minimum Gasteiger partial charge on any atom is -0.244 e. The molecule has 0 N–H and O–H groups in total. The van der Waals surface area contributed by atoms with E-state index in [1.165, 1.54) is 6.33 Å². The van der Waals surface area contributed by atoms with E-state index in [1.807, 2.05) is 0 Å². The molecule has 7 heavy (non-hydrogen) atoms. The average Bonchev–Trinajstić information content (AvgIpc) is 1.69. The fraction of sp³-hybridized carbons (Fsp3) is 0. The van der Waals surface area contributed by atoms with Gasteiger partial charge in [0, 0.05) is 16.0 Å². The van der Waals surface area contributed by atoms with E-state index in [4.69, 9.17) is 0 Å². The van der Waals surface area contributed by atoms with E-state index in [9.17, 15) is 0 Å². The Morgan fingerprint density at radius 3 is 2.14 bits per heavy atom. The molecule has 0 atom stereocenters. The highest BCUT2D eigenvalue weighted by Crippen LogP contribution is 1.94. The second kappa shape index (κ2) is 2.20. The zero-order valence-electron chi connectivity index (χ0n) is 3.50. The van der Waals surface area contributed by atoms with Crippen LogP contribution in [0.15, 0.2) is 18.7 Å². The van der Waals surface area contributed by atoms with Crippen molar-refractivity contribution in [1.82, 2.24) is 9.97 Å². The number of nitrogens with zero attached hydrogens (tertiary/aromatic N) is 2. The fourth-order valence-electron chi connectivity index (χ4n) is 0.281. The Morgan fingerprint density at radius 1 is 1.29 bits per heavy atom. The SMILES string of the molecule is Ic1cncnc1. The van der Waals surface area contributed by atoms with Gasteiger partial charge in [-0.2, -0.15) is 0 Å². The molecule has 0 aliphatic heterocycles. The molecule has 0 aliphatic carbocycles. The van der Waals surface area contributed by atoms with Crippen molar-refractivity contribution in [3.8, 4) is 0 Å². The number of hydrogen-bond acceptors (Lipinski definition) is 2. The average molecular weight is 206 g/mol. The Balaban J connectivity index is 3.02. The molecule has 0 saturated heterocycles.